The quantitative estimate of drug-likeness (QED) is 0.794. The third-order valence-corrected chi connectivity index (χ3v) is 4.04. The molecule has 102 valence electrons. The Morgan fingerprint density at radius 1 is 1.37 bits per heavy atom. The standard InChI is InChI=1S/C14H16FNO2Se/c1-14(2,3)18-13(17)16-8-12(19-9-15)10-6-4-5-7-11(10)16/h4-8H,9H2,1-3H3. The summed E-state index contributed by atoms with van der Waals surface area (Å²) in [4.78, 5) is 12.1. The van der Waals surface area contributed by atoms with E-state index in [4.69, 9.17) is 4.74 Å². The Morgan fingerprint density at radius 3 is 2.68 bits per heavy atom. The number of nitrogens with zero attached hydrogens (tertiary/aromatic N) is 1. The van der Waals surface area contributed by atoms with Crippen molar-refractivity contribution >= 4 is 36.4 Å². The second kappa shape index (κ2) is 5.35. The molecular formula is C14H16FNO2Se. The van der Waals surface area contributed by atoms with Gasteiger partial charge in [0.2, 0.25) is 0 Å². The van der Waals surface area contributed by atoms with Crippen LogP contribution in [0.4, 0.5) is 9.18 Å². The van der Waals surface area contributed by atoms with Crippen LogP contribution in [0, 0.1) is 0 Å². The Morgan fingerprint density at radius 2 is 2.05 bits per heavy atom. The number of alkyl halides is 1. The molecule has 0 radical (unpaired) electrons. The van der Waals surface area contributed by atoms with Crippen molar-refractivity contribution in [2.45, 2.75) is 26.4 Å². The van der Waals surface area contributed by atoms with Gasteiger partial charge < -0.3 is 0 Å². The molecule has 0 spiro atoms. The van der Waals surface area contributed by atoms with Gasteiger partial charge >= 0.3 is 117 Å². The van der Waals surface area contributed by atoms with Crippen molar-refractivity contribution in [3.8, 4) is 0 Å². The molecule has 1 aromatic heterocycles. The number of aromatic nitrogens is 1. The SMILES string of the molecule is CC(C)(C)OC(=O)n1cc([Se]CF)c2ccccc21. The zero-order chi connectivity index (χ0) is 14.0. The first-order chi connectivity index (χ1) is 8.92. The number of hydrogen-bond acceptors (Lipinski definition) is 2. The normalized spacial score (nSPS) is 11.8. The minimum atomic E-state index is -0.548. The van der Waals surface area contributed by atoms with Gasteiger partial charge in [0.05, 0.1) is 0 Å². The fraction of sp³-hybridized carbons (Fsp3) is 0.357. The van der Waals surface area contributed by atoms with Crippen LogP contribution in [0.1, 0.15) is 20.8 Å². The molecule has 1 heterocycles. The van der Waals surface area contributed by atoms with Crippen molar-refractivity contribution in [2.75, 3.05) is 5.57 Å². The van der Waals surface area contributed by atoms with Gasteiger partial charge in [-0.25, -0.2) is 0 Å². The zero-order valence-corrected chi connectivity index (χ0v) is 12.9. The number of para-hydroxylation sites is 1. The maximum atomic E-state index is 12.6. The Labute approximate surface area is 117 Å². The van der Waals surface area contributed by atoms with Gasteiger partial charge in [-0.2, -0.15) is 0 Å². The molecule has 0 bridgehead atoms. The average Bonchev–Trinajstić information content (AvgIpc) is 2.67. The molecule has 0 aliphatic heterocycles. The van der Waals surface area contributed by atoms with Crippen molar-refractivity contribution < 1.29 is 13.9 Å². The molecule has 0 saturated heterocycles. The van der Waals surface area contributed by atoms with E-state index < -0.39 is 11.7 Å². The number of carbonyl (C=O) groups is 1. The molecule has 19 heavy (non-hydrogen) atoms. The van der Waals surface area contributed by atoms with Crippen LogP contribution < -0.4 is 4.46 Å². The molecule has 0 unspecified atom stereocenters. The fourth-order valence-electron chi connectivity index (χ4n) is 1.78. The van der Waals surface area contributed by atoms with E-state index in [2.05, 4.69) is 0 Å². The molecule has 0 amide bonds. The predicted octanol–water partition coefficient (Wildman–Crippen LogP) is 2.68. The zero-order valence-electron chi connectivity index (χ0n) is 11.1. The van der Waals surface area contributed by atoms with Crippen LogP contribution in [-0.4, -0.2) is 36.8 Å². The van der Waals surface area contributed by atoms with Crippen LogP contribution >= 0.6 is 0 Å². The van der Waals surface area contributed by atoms with Crippen molar-refractivity contribution in [3.05, 3.63) is 30.5 Å². The monoisotopic (exact) mass is 329 g/mol. The van der Waals surface area contributed by atoms with Crippen LogP contribution in [0.25, 0.3) is 10.9 Å². The second-order valence-electron chi connectivity index (χ2n) is 5.11. The molecule has 0 atom stereocenters. The third kappa shape index (κ3) is 3.17. The molecule has 3 nitrogen and oxygen atoms in total. The van der Waals surface area contributed by atoms with Gasteiger partial charge in [-0.15, -0.1) is 0 Å². The number of fused-ring (bicyclic) bond motifs is 1. The van der Waals surface area contributed by atoms with E-state index in [1.807, 2.05) is 45.0 Å². The molecular weight excluding hydrogens is 312 g/mol. The number of ether oxygens (including phenoxy) is 1. The summed E-state index contributed by atoms with van der Waals surface area (Å²) in [5.41, 5.74) is -0.162. The van der Waals surface area contributed by atoms with Gasteiger partial charge in [-0.3, -0.25) is 0 Å². The van der Waals surface area contributed by atoms with Gasteiger partial charge in [-0.1, -0.05) is 0 Å². The van der Waals surface area contributed by atoms with Gasteiger partial charge in [0.1, 0.15) is 0 Å². The summed E-state index contributed by atoms with van der Waals surface area (Å²) in [6.45, 7) is 5.47. The average molecular weight is 328 g/mol. The summed E-state index contributed by atoms with van der Waals surface area (Å²) in [5, 5.41) is 0.922. The van der Waals surface area contributed by atoms with E-state index in [9.17, 15) is 9.18 Å². The van der Waals surface area contributed by atoms with Crippen LogP contribution in [0.2, 0.25) is 0 Å². The molecule has 0 saturated carbocycles. The summed E-state index contributed by atoms with van der Waals surface area (Å²) in [5.74, 6) is 0. The van der Waals surface area contributed by atoms with E-state index in [-0.39, 0.29) is 20.5 Å². The van der Waals surface area contributed by atoms with Crippen molar-refractivity contribution in [3.63, 3.8) is 0 Å². The van der Waals surface area contributed by atoms with E-state index in [1.54, 1.807) is 6.20 Å². The molecule has 0 aliphatic carbocycles. The number of rotatable bonds is 2. The number of benzene rings is 1. The van der Waals surface area contributed by atoms with Gasteiger partial charge in [0.25, 0.3) is 0 Å². The summed E-state index contributed by atoms with van der Waals surface area (Å²) >= 11 is -0.271. The fourth-order valence-corrected chi connectivity index (χ4v) is 3.10. The third-order valence-electron chi connectivity index (χ3n) is 2.48. The number of hydrogen-bond donors (Lipinski definition) is 0. The van der Waals surface area contributed by atoms with Crippen LogP contribution in [0.3, 0.4) is 0 Å². The Hall–Kier alpha value is -1.32. The van der Waals surface area contributed by atoms with Gasteiger partial charge in [0.15, 0.2) is 0 Å². The summed E-state index contributed by atoms with van der Waals surface area (Å²) < 4.78 is 20.3. The molecule has 5 heteroatoms. The Balaban J connectivity index is 2.46. The summed E-state index contributed by atoms with van der Waals surface area (Å²) in [6, 6.07) is 7.50. The number of carbonyl (C=O) groups excluding carboxylic acids is 1. The molecule has 1 aromatic carbocycles. The first kappa shape index (κ1) is 14.1. The second-order valence-corrected chi connectivity index (χ2v) is 7.10. The molecule has 0 aliphatic rings. The van der Waals surface area contributed by atoms with Crippen LogP contribution in [-0.2, 0) is 4.74 Å². The van der Waals surface area contributed by atoms with Crippen molar-refractivity contribution in [1.82, 2.24) is 4.57 Å². The van der Waals surface area contributed by atoms with Crippen molar-refractivity contribution in [1.29, 1.82) is 0 Å². The molecule has 2 aromatic rings. The van der Waals surface area contributed by atoms with Gasteiger partial charge in [0, 0.05) is 0 Å². The first-order valence-corrected chi connectivity index (χ1v) is 8.01. The molecule has 2 rings (SSSR count). The Bertz CT molecular complexity index is 601. The van der Waals surface area contributed by atoms with Crippen molar-refractivity contribution in [2.24, 2.45) is 0 Å². The van der Waals surface area contributed by atoms with Gasteiger partial charge in [-0.05, 0) is 0 Å². The van der Waals surface area contributed by atoms with E-state index in [1.165, 1.54) is 4.57 Å². The number of halogens is 1. The summed E-state index contributed by atoms with van der Waals surface area (Å²) in [7, 11) is 0. The summed E-state index contributed by atoms with van der Waals surface area (Å²) in [6.07, 6.45) is 1.27. The predicted molar refractivity (Wildman–Crippen MR) is 74.9 cm³/mol. The maximum absolute atomic E-state index is 12.6. The van der Waals surface area contributed by atoms with Crippen LogP contribution in [0.15, 0.2) is 30.5 Å². The topological polar surface area (TPSA) is 31.2 Å². The first-order valence-electron chi connectivity index (χ1n) is 5.94. The van der Waals surface area contributed by atoms with E-state index in [0.29, 0.717) is 0 Å². The Kier molecular flexibility index (Phi) is 3.97. The minimum absolute atomic E-state index is 0.271. The molecule has 0 fully saturated rings. The molecule has 0 N–H and O–H groups in total. The van der Waals surface area contributed by atoms with Crippen LogP contribution in [0.5, 0.6) is 0 Å². The van der Waals surface area contributed by atoms with E-state index >= 15 is 0 Å². The van der Waals surface area contributed by atoms with E-state index in [0.717, 1.165) is 15.4 Å².